The Morgan fingerprint density at radius 1 is 0.762 bits per heavy atom. The molecule has 0 spiro atoms. The molecule has 0 saturated heterocycles. The van der Waals surface area contributed by atoms with Crippen LogP contribution in [0.2, 0.25) is 0 Å². The molecule has 0 unspecified atom stereocenters. The minimum absolute atomic E-state index is 0.330. The van der Waals surface area contributed by atoms with Gasteiger partial charge >= 0.3 is 12.3 Å². The Bertz CT molecular complexity index is 598. The molecule has 0 saturated carbocycles. The van der Waals surface area contributed by atoms with Crippen molar-refractivity contribution in [1.29, 1.82) is 0 Å². The maximum atomic E-state index is 12.8. The van der Waals surface area contributed by atoms with Crippen molar-refractivity contribution >= 4 is 11.4 Å². The zero-order valence-corrected chi connectivity index (χ0v) is 10.5. The van der Waals surface area contributed by atoms with Crippen LogP contribution in [0.3, 0.4) is 0 Å². The molecule has 2 rings (SSSR count). The van der Waals surface area contributed by atoms with Gasteiger partial charge in [-0.1, -0.05) is 24.3 Å². The quantitative estimate of drug-likeness (QED) is 0.806. The highest BCUT2D eigenvalue weighted by Gasteiger charge is 2.61. The molecule has 2 aromatic carbocycles. The van der Waals surface area contributed by atoms with Crippen LogP contribution in [0, 0.1) is 0 Å². The molecule has 0 aliphatic rings. The summed E-state index contributed by atoms with van der Waals surface area (Å²) in [6.45, 7) is 0. The van der Waals surface area contributed by atoms with Crippen LogP contribution in [-0.2, 0) is 0 Å². The van der Waals surface area contributed by atoms with E-state index in [1.165, 1.54) is 12.1 Å². The summed E-state index contributed by atoms with van der Waals surface area (Å²) in [5.74, 6) is -0.585. The average molecular weight is 303 g/mol. The van der Waals surface area contributed by atoms with Crippen LogP contribution in [0.5, 0.6) is 5.75 Å². The van der Waals surface area contributed by atoms with Gasteiger partial charge in [0.2, 0.25) is 0 Å². The Labute approximate surface area is 117 Å². The third kappa shape index (κ3) is 3.84. The maximum absolute atomic E-state index is 12.8. The van der Waals surface area contributed by atoms with Gasteiger partial charge in [0.05, 0.1) is 0 Å². The van der Waals surface area contributed by atoms with Gasteiger partial charge in [-0.3, -0.25) is 0 Å². The van der Waals surface area contributed by atoms with Crippen LogP contribution < -0.4 is 10.1 Å². The molecule has 0 fully saturated rings. The topological polar surface area (TPSA) is 21.3 Å². The normalized spacial score (nSPS) is 12.0. The van der Waals surface area contributed by atoms with Crippen LogP contribution in [0.15, 0.2) is 54.6 Å². The highest BCUT2D eigenvalue weighted by atomic mass is 19.4. The molecule has 7 heteroatoms. The monoisotopic (exact) mass is 303 g/mol. The fourth-order valence-corrected chi connectivity index (χ4v) is 1.53. The summed E-state index contributed by atoms with van der Waals surface area (Å²) in [6.07, 6.45) is -11.0. The van der Waals surface area contributed by atoms with Crippen molar-refractivity contribution in [2.45, 2.75) is 12.3 Å². The molecular weight excluding hydrogens is 293 g/mol. The number of para-hydroxylation sites is 1. The van der Waals surface area contributed by atoms with Crippen LogP contribution in [0.4, 0.5) is 33.3 Å². The number of anilines is 2. The van der Waals surface area contributed by atoms with Crippen molar-refractivity contribution in [3.05, 3.63) is 54.6 Å². The second kappa shape index (κ2) is 5.59. The summed E-state index contributed by atoms with van der Waals surface area (Å²) in [4.78, 5) is 0. The van der Waals surface area contributed by atoms with Crippen molar-refractivity contribution in [3.63, 3.8) is 0 Å². The summed E-state index contributed by atoms with van der Waals surface area (Å²) in [6, 6.07) is 13.6. The smallest absolute Gasteiger partial charge is 0.426 e. The standard InChI is InChI=1S/C14H10F5NO/c15-13(16,17)14(18,19)21-12-8-4-7-11(9-12)20-10-5-2-1-3-6-10/h1-9,20H. The van der Waals surface area contributed by atoms with E-state index in [2.05, 4.69) is 10.1 Å². The Balaban J connectivity index is 2.15. The molecule has 2 nitrogen and oxygen atoms in total. The first-order chi connectivity index (χ1) is 9.78. The van der Waals surface area contributed by atoms with Crippen molar-refractivity contribution in [1.82, 2.24) is 0 Å². The Morgan fingerprint density at radius 3 is 2.00 bits per heavy atom. The van der Waals surface area contributed by atoms with Crippen molar-refractivity contribution in [2.24, 2.45) is 0 Å². The van der Waals surface area contributed by atoms with Gasteiger partial charge in [-0.2, -0.15) is 22.0 Å². The summed E-state index contributed by atoms with van der Waals surface area (Å²) in [7, 11) is 0. The van der Waals surface area contributed by atoms with Crippen LogP contribution >= 0.6 is 0 Å². The van der Waals surface area contributed by atoms with E-state index >= 15 is 0 Å². The van der Waals surface area contributed by atoms with Crippen molar-refractivity contribution in [3.8, 4) is 5.75 Å². The van der Waals surface area contributed by atoms with Crippen LogP contribution in [-0.4, -0.2) is 12.3 Å². The van der Waals surface area contributed by atoms with Gasteiger partial charge < -0.3 is 10.1 Å². The summed E-state index contributed by atoms with van der Waals surface area (Å²) < 4.78 is 65.6. The number of hydrogen-bond acceptors (Lipinski definition) is 2. The van der Waals surface area contributed by atoms with E-state index in [0.717, 1.165) is 12.1 Å². The molecule has 0 bridgehead atoms. The van der Waals surface area contributed by atoms with Gasteiger partial charge in [0.25, 0.3) is 0 Å². The highest BCUT2D eigenvalue weighted by molar-refractivity contribution is 5.60. The molecule has 2 aromatic rings. The number of ether oxygens (including phenoxy) is 1. The fourth-order valence-electron chi connectivity index (χ4n) is 1.53. The molecule has 0 aromatic heterocycles. The van der Waals surface area contributed by atoms with Gasteiger partial charge in [0.1, 0.15) is 5.75 Å². The number of benzene rings is 2. The lowest BCUT2D eigenvalue weighted by molar-refractivity contribution is -0.360. The number of hydrogen-bond donors (Lipinski definition) is 1. The van der Waals surface area contributed by atoms with E-state index in [9.17, 15) is 22.0 Å². The van der Waals surface area contributed by atoms with Crippen molar-refractivity contribution < 1.29 is 26.7 Å². The predicted octanol–water partition coefficient (Wildman–Crippen LogP) is 4.96. The lowest BCUT2D eigenvalue weighted by atomic mass is 10.2. The first-order valence-electron chi connectivity index (χ1n) is 5.84. The number of nitrogens with one attached hydrogen (secondary N) is 1. The molecule has 0 atom stereocenters. The SMILES string of the molecule is FC(F)(F)C(F)(F)Oc1cccc(Nc2ccccc2)c1. The van der Waals surface area contributed by atoms with E-state index in [-0.39, 0.29) is 0 Å². The van der Waals surface area contributed by atoms with Crippen molar-refractivity contribution in [2.75, 3.05) is 5.32 Å². The fraction of sp³-hybridized carbons (Fsp3) is 0.143. The van der Waals surface area contributed by atoms with Gasteiger partial charge in [-0.15, -0.1) is 0 Å². The van der Waals surface area contributed by atoms with E-state index in [0.29, 0.717) is 11.4 Å². The summed E-state index contributed by atoms with van der Waals surface area (Å²) in [5.41, 5.74) is 0.994. The summed E-state index contributed by atoms with van der Waals surface area (Å²) in [5, 5.41) is 2.86. The molecule has 0 amide bonds. The zero-order chi connectivity index (χ0) is 15.5. The third-order valence-electron chi connectivity index (χ3n) is 2.47. The number of alkyl halides is 5. The Hall–Kier alpha value is -2.31. The Kier molecular flexibility index (Phi) is 4.02. The molecule has 0 aliphatic carbocycles. The maximum Gasteiger partial charge on any atom is 0.499 e. The molecule has 21 heavy (non-hydrogen) atoms. The number of rotatable bonds is 4. The zero-order valence-electron chi connectivity index (χ0n) is 10.5. The van der Waals surface area contributed by atoms with E-state index in [1.54, 1.807) is 30.3 Å². The lowest BCUT2D eigenvalue weighted by Crippen LogP contribution is -2.41. The minimum Gasteiger partial charge on any atom is -0.426 e. The second-order valence-corrected chi connectivity index (χ2v) is 4.14. The van der Waals surface area contributed by atoms with Gasteiger partial charge in [-0.25, -0.2) is 0 Å². The molecular formula is C14H10F5NO. The molecule has 0 aliphatic heterocycles. The summed E-state index contributed by atoms with van der Waals surface area (Å²) >= 11 is 0. The largest absolute Gasteiger partial charge is 0.499 e. The van der Waals surface area contributed by atoms with Gasteiger partial charge in [0, 0.05) is 17.4 Å². The lowest BCUT2D eigenvalue weighted by Gasteiger charge is -2.20. The minimum atomic E-state index is -5.77. The third-order valence-corrected chi connectivity index (χ3v) is 2.47. The first kappa shape index (κ1) is 15.1. The molecule has 112 valence electrons. The van der Waals surface area contributed by atoms with Gasteiger partial charge in [-0.05, 0) is 24.3 Å². The van der Waals surface area contributed by atoms with Gasteiger partial charge in [0.15, 0.2) is 0 Å². The molecule has 1 N–H and O–H groups in total. The highest BCUT2D eigenvalue weighted by Crippen LogP contribution is 2.37. The molecule has 0 radical (unpaired) electrons. The number of halogens is 5. The van der Waals surface area contributed by atoms with Crippen LogP contribution in [0.25, 0.3) is 0 Å². The molecule has 0 heterocycles. The Morgan fingerprint density at radius 2 is 1.38 bits per heavy atom. The van der Waals surface area contributed by atoms with Crippen LogP contribution in [0.1, 0.15) is 0 Å². The second-order valence-electron chi connectivity index (χ2n) is 4.14. The average Bonchev–Trinajstić information content (AvgIpc) is 2.38. The first-order valence-corrected chi connectivity index (χ1v) is 5.84. The predicted molar refractivity (Wildman–Crippen MR) is 67.8 cm³/mol. The van der Waals surface area contributed by atoms with E-state index < -0.39 is 18.0 Å². The van der Waals surface area contributed by atoms with E-state index in [1.807, 2.05) is 0 Å². The van der Waals surface area contributed by atoms with E-state index in [4.69, 9.17) is 0 Å².